The van der Waals surface area contributed by atoms with Gasteiger partial charge in [-0.15, -0.1) is 0 Å². The molecule has 0 aliphatic carbocycles. The van der Waals surface area contributed by atoms with E-state index < -0.39 is 12.2 Å². The van der Waals surface area contributed by atoms with Crippen LogP contribution in [0, 0.1) is 0 Å². The van der Waals surface area contributed by atoms with Crippen molar-refractivity contribution in [1.82, 2.24) is 4.90 Å². The van der Waals surface area contributed by atoms with Gasteiger partial charge in [0.2, 0.25) is 0 Å². The van der Waals surface area contributed by atoms with Gasteiger partial charge < -0.3 is 24.4 Å². The molecule has 0 aliphatic rings. The lowest BCUT2D eigenvalue weighted by Crippen LogP contribution is -2.43. The molecule has 96 valence electrons. The largest absolute Gasteiger partial charge is 0.530 e. The second-order valence-electron chi connectivity index (χ2n) is 4.76. The van der Waals surface area contributed by atoms with Crippen LogP contribution in [0.5, 0.6) is 0 Å². The number of aliphatic hydroxyl groups is 1. The molecule has 0 saturated heterocycles. The first-order valence-corrected chi connectivity index (χ1v) is 4.84. The van der Waals surface area contributed by atoms with Crippen LogP contribution in [0.1, 0.15) is 6.92 Å². The molecular weight excluding hydrogens is 212 g/mol. The standard InChI is InChI=1S/C7H16NO2.C3H7NO2/c1-6(9)7(10)5-8(2,3)4;1-4(2)3(5)6/h7,10H,5H2,1-4H3;1-2H3,(H,5,6)/q+1;/p-1. The number of carbonyl (C=O) groups excluding carboxylic acids is 2. The second kappa shape index (κ2) is 7.19. The van der Waals surface area contributed by atoms with Crippen molar-refractivity contribution in [1.29, 1.82) is 0 Å². The maximum Gasteiger partial charge on any atom is 0.164 e. The van der Waals surface area contributed by atoms with Gasteiger partial charge in [-0.2, -0.15) is 0 Å². The predicted molar refractivity (Wildman–Crippen MR) is 58.7 cm³/mol. The number of hydrogen-bond acceptors (Lipinski definition) is 4. The van der Waals surface area contributed by atoms with Crippen LogP contribution in [0.3, 0.4) is 0 Å². The van der Waals surface area contributed by atoms with Crippen LogP contribution in [-0.4, -0.2) is 74.3 Å². The van der Waals surface area contributed by atoms with E-state index in [-0.39, 0.29) is 5.78 Å². The number of carboxylic acid groups (broad SMARTS) is 1. The number of quaternary nitrogens is 1. The van der Waals surface area contributed by atoms with Crippen LogP contribution in [0.15, 0.2) is 0 Å². The number of Topliss-reactive ketones (excluding diaryl/α,β-unsaturated/α-hetero) is 1. The third-order valence-corrected chi connectivity index (χ3v) is 1.56. The molecule has 0 aliphatic heterocycles. The summed E-state index contributed by atoms with van der Waals surface area (Å²) in [6.45, 7) is 1.88. The van der Waals surface area contributed by atoms with Gasteiger partial charge in [0.15, 0.2) is 11.9 Å². The second-order valence-corrected chi connectivity index (χ2v) is 4.76. The number of likely N-dealkylation sites (N-methyl/N-ethyl adjacent to an activating group) is 1. The average Bonchev–Trinajstić information content (AvgIpc) is 2.01. The minimum atomic E-state index is -1.16. The summed E-state index contributed by atoms with van der Waals surface area (Å²) in [7, 11) is 8.63. The molecule has 6 heteroatoms. The Morgan fingerprint density at radius 2 is 1.62 bits per heavy atom. The van der Waals surface area contributed by atoms with Crippen molar-refractivity contribution in [2.24, 2.45) is 0 Å². The Hall–Kier alpha value is -1.14. The Balaban J connectivity index is 0. The van der Waals surface area contributed by atoms with Crippen molar-refractivity contribution < 1.29 is 24.3 Å². The quantitative estimate of drug-likeness (QED) is 0.605. The maximum absolute atomic E-state index is 10.6. The van der Waals surface area contributed by atoms with E-state index in [1.807, 2.05) is 21.1 Å². The van der Waals surface area contributed by atoms with Crippen LogP contribution < -0.4 is 5.11 Å². The van der Waals surface area contributed by atoms with E-state index in [0.717, 1.165) is 4.90 Å². The van der Waals surface area contributed by atoms with Gasteiger partial charge in [0.1, 0.15) is 12.6 Å². The molecule has 0 fully saturated rings. The van der Waals surface area contributed by atoms with Gasteiger partial charge in [0.25, 0.3) is 0 Å². The number of amides is 1. The van der Waals surface area contributed by atoms with E-state index in [2.05, 4.69) is 0 Å². The minimum absolute atomic E-state index is 0.159. The van der Waals surface area contributed by atoms with Crippen molar-refractivity contribution >= 4 is 11.9 Å². The fourth-order valence-electron chi connectivity index (χ4n) is 0.647. The van der Waals surface area contributed by atoms with Gasteiger partial charge in [-0.1, -0.05) is 0 Å². The Kier molecular flexibility index (Phi) is 7.75. The Bertz CT molecular complexity index is 233. The summed E-state index contributed by atoms with van der Waals surface area (Å²) in [5.41, 5.74) is 0. The van der Waals surface area contributed by atoms with E-state index in [0.29, 0.717) is 11.0 Å². The van der Waals surface area contributed by atoms with Gasteiger partial charge in [0.05, 0.1) is 21.1 Å². The lowest BCUT2D eigenvalue weighted by Gasteiger charge is -2.25. The van der Waals surface area contributed by atoms with E-state index in [1.54, 1.807) is 0 Å². The van der Waals surface area contributed by atoms with E-state index in [1.165, 1.54) is 21.0 Å². The average molecular weight is 234 g/mol. The first-order valence-electron chi connectivity index (χ1n) is 4.84. The summed E-state index contributed by atoms with van der Waals surface area (Å²) >= 11 is 0. The van der Waals surface area contributed by atoms with Crippen molar-refractivity contribution in [2.75, 3.05) is 41.8 Å². The number of ketones is 1. The van der Waals surface area contributed by atoms with Crippen LogP contribution >= 0.6 is 0 Å². The Morgan fingerprint density at radius 3 is 1.69 bits per heavy atom. The third kappa shape index (κ3) is 12.9. The normalized spacial score (nSPS) is 12.2. The minimum Gasteiger partial charge on any atom is -0.530 e. The summed E-state index contributed by atoms with van der Waals surface area (Å²) in [4.78, 5) is 21.0. The van der Waals surface area contributed by atoms with Crippen LogP contribution in [0.4, 0.5) is 4.79 Å². The molecule has 0 spiro atoms. The highest BCUT2D eigenvalue weighted by Gasteiger charge is 2.18. The van der Waals surface area contributed by atoms with Gasteiger partial charge in [-0.05, 0) is 6.92 Å². The van der Waals surface area contributed by atoms with Gasteiger partial charge >= 0.3 is 0 Å². The fourth-order valence-corrected chi connectivity index (χ4v) is 0.647. The summed E-state index contributed by atoms with van der Waals surface area (Å²) in [5.74, 6) is -0.159. The fraction of sp³-hybridized carbons (Fsp3) is 0.800. The molecule has 16 heavy (non-hydrogen) atoms. The topological polar surface area (TPSA) is 80.7 Å². The van der Waals surface area contributed by atoms with Crippen molar-refractivity contribution in [3.63, 3.8) is 0 Å². The number of hydrogen-bond donors (Lipinski definition) is 1. The molecule has 0 aromatic rings. The zero-order chi connectivity index (χ0) is 13.5. The van der Waals surface area contributed by atoms with E-state index in [4.69, 9.17) is 5.11 Å². The third-order valence-electron chi connectivity index (χ3n) is 1.56. The van der Waals surface area contributed by atoms with Crippen molar-refractivity contribution in [2.45, 2.75) is 13.0 Å². The van der Waals surface area contributed by atoms with E-state index >= 15 is 0 Å². The highest BCUT2D eigenvalue weighted by Crippen LogP contribution is 1.95. The van der Waals surface area contributed by atoms with Crippen LogP contribution in [-0.2, 0) is 4.79 Å². The lowest BCUT2D eigenvalue weighted by molar-refractivity contribution is -0.872. The van der Waals surface area contributed by atoms with Gasteiger partial charge in [-0.25, -0.2) is 0 Å². The van der Waals surface area contributed by atoms with Crippen LogP contribution in [0.2, 0.25) is 0 Å². The molecule has 1 unspecified atom stereocenters. The van der Waals surface area contributed by atoms with Crippen molar-refractivity contribution in [3.8, 4) is 0 Å². The molecule has 0 bridgehead atoms. The maximum atomic E-state index is 10.6. The van der Waals surface area contributed by atoms with Crippen molar-refractivity contribution in [3.05, 3.63) is 0 Å². The molecule has 0 rings (SSSR count). The monoisotopic (exact) mass is 234 g/mol. The van der Waals surface area contributed by atoms with E-state index in [9.17, 15) is 14.7 Å². The molecule has 0 radical (unpaired) electrons. The smallest absolute Gasteiger partial charge is 0.164 e. The summed E-state index contributed by atoms with van der Waals surface area (Å²) in [6, 6.07) is 0. The number of aliphatic hydroxyl groups excluding tert-OH is 1. The lowest BCUT2D eigenvalue weighted by atomic mass is 10.2. The molecule has 0 aromatic carbocycles. The number of rotatable bonds is 3. The SMILES string of the molecule is CC(=O)C(O)C[N+](C)(C)C.CN(C)C(=O)[O-]. The molecule has 0 aromatic heterocycles. The zero-order valence-corrected chi connectivity index (χ0v) is 10.9. The number of nitrogens with zero attached hydrogens (tertiary/aromatic N) is 2. The molecule has 0 heterocycles. The molecule has 1 atom stereocenters. The Labute approximate surface area is 96.7 Å². The summed E-state index contributed by atoms with van der Waals surface area (Å²) in [5, 5.41) is 18.6. The highest BCUT2D eigenvalue weighted by molar-refractivity contribution is 5.80. The summed E-state index contributed by atoms with van der Waals surface area (Å²) < 4.78 is 0.612. The van der Waals surface area contributed by atoms with Gasteiger partial charge in [-0.3, -0.25) is 4.79 Å². The molecule has 1 N–H and O–H groups in total. The highest BCUT2D eigenvalue weighted by atomic mass is 16.4. The first kappa shape index (κ1) is 17.3. The molecular formula is C10H22N2O4. The van der Waals surface area contributed by atoms with Crippen LogP contribution in [0.25, 0.3) is 0 Å². The molecule has 6 nitrogen and oxygen atoms in total. The first-order chi connectivity index (χ1) is 6.97. The predicted octanol–water partition coefficient (Wildman–Crippen LogP) is -1.47. The summed E-state index contributed by atoms with van der Waals surface area (Å²) in [6.07, 6.45) is -1.96. The van der Waals surface area contributed by atoms with Gasteiger partial charge in [0, 0.05) is 14.1 Å². The molecule has 1 amide bonds. The zero-order valence-electron chi connectivity index (χ0n) is 10.9. The molecule has 0 saturated carbocycles. The Morgan fingerprint density at radius 1 is 1.31 bits per heavy atom. The number of carbonyl (C=O) groups is 2.